The second kappa shape index (κ2) is 9.82. The van der Waals surface area contributed by atoms with Crippen molar-refractivity contribution in [3.8, 4) is 0 Å². The minimum atomic E-state index is 0.580. The van der Waals surface area contributed by atoms with Gasteiger partial charge in [0.2, 0.25) is 5.95 Å². The highest BCUT2D eigenvalue weighted by Gasteiger charge is 2.41. The number of hydrogen-bond acceptors (Lipinski definition) is 6. The number of rotatable bonds is 8. The highest BCUT2D eigenvalue weighted by atomic mass is 15.4. The van der Waals surface area contributed by atoms with Crippen LogP contribution in [-0.4, -0.2) is 83.7 Å². The molecule has 3 aliphatic rings. The summed E-state index contributed by atoms with van der Waals surface area (Å²) in [7, 11) is 0. The van der Waals surface area contributed by atoms with Crippen molar-refractivity contribution in [2.24, 2.45) is 5.92 Å². The van der Waals surface area contributed by atoms with E-state index in [0.29, 0.717) is 18.1 Å². The second-order valence-electron chi connectivity index (χ2n) is 10.1. The minimum Gasteiger partial charge on any atom is -0.366 e. The molecule has 6 nitrogen and oxygen atoms in total. The molecule has 0 saturated carbocycles. The summed E-state index contributed by atoms with van der Waals surface area (Å²) in [5.41, 5.74) is 1.19. The number of anilines is 2. The first-order valence-electron chi connectivity index (χ1n) is 12.4. The van der Waals surface area contributed by atoms with Gasteiger partial charge in [0.15, 0.2) is 0 Å². The third-order valence-corrected chi connectivity index (χ3v) is 7.70. The Morgan fingerprint density at radius 2 is 1.60 bits per heavy atom. The van der Waals surface area contributed by atoms with Crippen molar-refractivity contribution in [3.63, 3.8) is 0 Å². The van der Waals surface area contributed by atoms with Gasteiger partial charge in [-0.2, -0.15) is 0 Å². The smallest absolute Gasteiger partial charge is 0.225 e. The average Bonchev–Trinajstić information content (AvgIpc) is 3.03. The van der Waals surface area contributed by atoms with Gasteiger partial charge in [0.1, 0.15) is 0 Å². The molecule has 30 heavy (non-hydrogen) atoms. The molecular weight excluding hydrogens is 372 g/mol. The van der Waals surface area contributed by atoms with Crippen LogP contribution in [0.4, 0.5) is 11.6 Å². The normalized spacial score (nSPS) is 26.6. The Morgan fingerprint density at radius 1 is 0.967 bits per heavy atom. The number of fused-ring (bicyclic) bond motifs is 2. The topological polar surface area (TPSA) is 38.7 Å². The van der Waals surface area contributed by atoms with E-state index in [9.17, 15) is 0 Å². The van der Waals surface area contributed by atoms with E-state index in [1.807, 2.05) is 0 Å². The third-order valence-electron chi connectivity index (χ3n) is 7.70. The summed E-state index contributed by atoms with van der Waals surface area (Å²) < 4.78 is 0. The van der Waals surface area contributed by atoms with Gasteiger partial charge in [-0.15, -0.1) is 0 Å². The molecule has 4 heterocycles. The van der Waals surface area contributed by atoms with Gasteiger partial charge in [0, 0.05) is 57.4 Å². The predicted octanol–water partition coefficient (Wildman–Crippen LogP) is 3.49. The molecule has 0 spiro atoms. The Balaban J connectivity index is 1.28. The Kier molecular flexibility index (Phi) is 7.14. The number of aromatic nitrogens is 2. The van der Waals surface area contributed by atoms with Gasteiger partial charge in [-0.1, -0.05) is 20.3 Å². The van der Waals surface area contributed by atoms with Crippen LogP contribution in [0.2, 0.25) is 0 Å². The van der Waals surface area contributed by atoms with Gasteiger partial charge >= 0.3 is 0 Å². The summed E-state index contributed by atoms with van der Waals surface area (Å²) in [6, 6.07) is 1.79. The first-order valence-corrected chi connectivity index (χ1v) is 12.4. The fourth-order valence-electron chi connectivity index (χ4n) is 5.39. The molecule has 0 aromatic carbocycles. The molecule has 3 unspecified atom stereocenters. The van der Waals surface area contributed by atoms with Crippen molar-refractivity contribution in [2.45, 2.75) is 77.9 Å². The molecule has 0 N–H and O–H groups in total. The van der Waals surface area contributed by atoms with Gasteiger partial charge in [-0.05, 0) is 52.0 Å². The van der Waals surface area contributed by atoms with Crippen molar-refractivity contribution in [1.82, 2.24) is 19.8 Å². The molecular formula is C24H42N6. The van der Waals surface area contributed by atoms with Crippen LogP contribution in [-0.2, 0) is 0 Å². The molecule has 168 valence electrons. The van der Waals surface area contributed by atoms with Gasteiger partial charge in [0.25, 0.3) is 0 Å². The maximum absolute atomic E-state index is 4.83. The monoisotopic (exact) mass is 414 g/mol. The van der Waals surface area contributed by atoms with E-state index in [2.05, 4.69) is 59.7 Å². The van der Waals surface area contributed by atoms with E-state index in [0.717, 1.165) is 51.1 Å². The summed E-state index contributed by atoms with van der Waals surface area (Å²) >= 11 is 0. The van der Waals surface area contributed by atoms with Crippen LogP contribution in [0.15, 0.2) is 12.4 Å². The standard InChI is InChI=1S/C24H42N6/c1-5-20(4)7-6-10-27-11-13-28(14-12-27)23-15-25-24(26-16-23)30-21-8-9-22(30)18-29(17-21)19(2)3/h15-16,19-22H,5-14,17-18H2,1-4H3. The second-order valence-corrected chi connectivity index (χ2v) is 10.1. The molecule has 1 aromatic heterocycles. The molecule has 6 heteroatoms. The van der Waals surface area contributed by atoms with Crippen LogP contribution in [0.3, 0.4) is 0 Å². The largest absolute Gasteiger partial charge is 0.366 e. The van der Waals surface area contributed by atoms with Crippen LogP contribution in [0.1, 0.15) is 59.8 Å². The number of likely N-dealkylation sites (tertiary alicyclic amines) is 1. The number of nitrogens with zero attached hydrogens (tertiary/aromatic N) is 6. The summed E-state index contributed by atoms with van der Waals surface area (Å²) in [6.07, 6.45) is 10.7. The zero-order valence-corrected chi connectivity index (χ0v) is 19.6. The van der Waals surface area contributed by atoms with E-state index in [4.69, 9.17) is 9.97 Å². The van der Waals surface area contributed by atoms with Gasteiger partial charge in [-0.3, -0.25) is 9.80 Å². The first kappa shape index (κ1) is 21.8. The molecule has 3 aliphatic heterocycles. The molecule has 0 aliphatic carbocycles. The fourth-order valence-corrected chi connectivity index (χ4v) is 5.39. The van der Waals surface area contributed by atoms with Crippen molar-refractivity contribution in [2.75, 3.05) is 55.6 Å². The van der Waals surface area contributed by atoms with Crippen molar-refractivity contribution in [3.05, 3.63) is 12.4 Å². The van der Waals surface area contributed by atoms with Gasteiger partial charge in [-0.25, -0.2) is 9.97 Å². The Morgan fingerprint density at radius 3 is 2.17 bits per heavy atom. The van der Waals surface area contributed by atoms with Crippen molar-refractivity contribution in [1.29, 1.82) is 0 Å². The van der Waals surface area contributed by atoms with Crippen molar-refractivity contribution >= 4 is 11.6 Å². The van der Waals surface area contributed by atoms with Crippen LogP contribution in [0, 0.1) is 5.92 Å². The molecule has 0 radical (unpaired) electrons. The van der Waals surface area contributed by atoms with Crippen LogP contribution in [0.5, 0.6) is 0 Å². The lowest BCUT2D eigenvalue weighted by Gasteiger charge is -2.43. The SMILES string of the molecule is CCC(C)CCCN1CCN(c2cnc(N3C4CCC3CN(C(C)C)C4)nc2)CC1. The zero-order chi connectivity index (χ0) is 21.1. The van der Waals surface area contributed by atoms with Crippen LogP contribution in [0.25, 0.3) is 0 Å². The number of piperazine rings is 2. The minimum absolute atomic E-state index is 0.580. The van der Waals surface area contributed by atoms with Crippen molar-refractivity contribution < 1.29 is 0 Å². The lowest BCUT2D eigenvalue weighted by molar-refractivity contribution is 0.176. The summed E-state index contributed by atoms with van der Waals surface area (Å²) in [5, 5.41) is 0. The summed E-state index contributed by atoms with van der Waals surface area (Å²) in [6.45, 7) is 17.3. The molecule has 1 aromatic rings. The average molecular weight is 415 g/mol. The molecule has 3 fully saturated rings. The van der Waals surface area contributed by atoms with Gasteiger partial charge in [0.05, 0.1) is 18.1 Å². The third kappa shape index (κ3) is 4.91. The molecule has 3 saturated heterocycles. The van der Waals surface area contributed by atoms with Crippen LogP contribution >= 0.6 is 0 Å². The number of hydrogen-bond donors (Lipinski definition) is 0. The quantitative estimate of drug-likeness (QED) is 0.648. The van der Waals surface area contributed by atoms with Gasteiger partial charge < -0.3 is 9.80 Å². The van der Waals surface area contributed by atoms with Crippen LogP contribution < -0.4 is 9.80 Å². The Hall–Kier alpha value is -1.40. The zero-order valence-electron chi connectivity index (χ0n) is 19.6. The van der Waals surface area contributed by atoms with E-state index in [1.54, 1.807) is 0 Å². The summed E-state index contributed by atoms with van der Waals surface area (Å²) in [4.78, 5) is 19.9. The predicted molar refractivity (Wildman–Crippen MR) is 125 cm³/mol. The highest BCUT2D eigenvalue weighted by Crippen LogP contribution is 2.34. The van der Waals surface area contributed by atoms with E-state index in [1.165, 1.54) is 44.3 Å². The van der Waals surface area contributed by atoms with E-state index >= 15 is 0 Å². The first-order chi connectivity index (χ1) is 14.5. The molecule has 2 bridgehead atoms. The van der Waals surface area contributed by atoms with E-state index in [-0.39, 0.29) is 0 Å². The Bertz CT molecular complexity index is 640. The Labute approximate surface area is 183 Å². The molecule has 3 atom stereocenters. The maximum atomic E-state index is 4.83. The fraction of sp³-hybridized carbons (Fsp3) is 0.833. The maximum Gasteiger partial charge on any atom is 0.225 e. The lowest BCUT2D eigenvalue weighted by Crippen LogP contribution is -2.56. The highest BCUT2D eigenvalue weighted by molar-refractivity contribution is 5.47. The molecule has 0 amide bonds. The summed E-state index contributed by atoms with van der Waals surface area (Å²) in [5.74, 6) is 1.81. The lowest BCUT2D eigenvalue weighted by atomic mass is 10.0. The molecule has 4 rings (SSSR count). The van der Waals surface area contributed by atoms with E-state index < -0.39 is 0 Å².